The van der Waals surface area contributed by atoms with Crippen LogP contribution in [-0.4, -0.2) is 40.1 Å². The molecule has 0 saturated carbocycles. The first-order valence-electron chi connectivity index (χ1n) is 10.6. The van der Waals surface area contributed by atoms with Crippen molar-refractivity contribution in [1.29, 1.82) is 0 Å². The highest BCUT2D eigenvalue weighted by atomic mass is 35.5. The smallest absolute Gasteiger partial charge is 0.411 e. The van der Waals surface area contributed by atoms with Crippen LogP contribution in [0.1, 0.15) is 23.1 Å². The lowest BCUT2D eigenvalue weighted by molar-refractivity contribution is 0.187. The standard InChI is InChI=1S/C24H25ClN6O3/c1-33-19-9-3-15(4-10-19)14-31-12-11-18(30-31)13-20(26)23-28-21(22(25)29-23)16-5-7-17(8-6-16)27-24(32)34-2/h3-12,20H,13-14,26H2,1-2H3,(H,27,32)(H,28,29)/t20-/m0/s1. The maximum atomic E-state index is 11.3. The molecule has 0 saturated heterocycles. The molecule has 10 heteroatoms. The van der Waals surface area contributed by atoms with Gasteiger partial charge in [0.2, 0.25) is 0 Å². The van der Waals surface area contributed by atoms with Crippen molar-refractivity contribution in [2.45, 2.75) is 19.0 Å². The number of nitrogens with zero attached hydrogens (tertiary/aromatic N) is 3. The Labute approximate surface area is 201 Å². The molecule has 34 heavy (non-hydrogen) atoms. The number of halogens is 1. The Bertz CT molecular complexity index is 1250. The van der Waals surface area contributed by atoms with Crippen LogP contribution >= 0.6 is 11.6 Å². The second kappa shape index (κ2) is 10.4. The maximum absolute atomic E-state index is 11.3. The molecule has 0 unspecified atom stereocenters. The minimum atomic E-state index is -0.537. The molecule has 0 aliphatic rings. The molecule has 9 nitrogen and oxygen atoms in total. The molecule has 0 bridgehead atoms. The van der Waals surface area contributed by atoms with E-state index in [1.807, 2.05) is 53.3 Å². The van der Waals surface area contributed by atoms with E-state index in [1.54, 1.807) is 19.2 Å². The number of hydrogen-bond acceptors (Lipinski definition) is 6. The number of nitrogens with one attached hydrogen (secondary N) is 2. The zero-order valence-corrected chi connectivity index (χ0v) is 19.5. The van der Waals surface area contributed by atoms with Crippen LogP contribution in [0.4, 0.5) is 10.5 Å². The van der Waals surface area contributed by atoms with Crippen molar-refractivity contribution in [3.05, 3.63) is 83.0 Å². The molecule has 176 valence electrons. The number of anilines is 1. The number of amides is 1. The Hall–Kier alpha value is -3.82. The number of carbonyl (C=O) groups excluding carboxylic acids is 1. The third-order valence-corrected chi connectivity index (χ3v) is 5.52. The Morgan fingerprint density at radius 2 is 1.88 bits per heavy atom. The number of rotatable bonds is 8. The van der Waals surface area contributed by atoms with Gasteiger partial charge in [-0.1, -0.05) is 35.9 Å². The topological polar surface area (TPSA) is 120 Å². The molecule has 0 aliphatic carbocycles. The van der Waals surface area contributed by atoms with Crippen LogP contribution in [0.3, 0.4) is 0 Å². The largest absolute Gasteiger partial charge is 0.497 e. The van der Waals surface area contributed by atoms with Crippen LogP contribution in [0, 0.1) is 0 Å². The van der Waals surface area contributed by atoms with Gasteiger partial charge in [-0.2, -0.15) is 5.10 Å². The second-order valence-electron chi connectivity index (χ2n) is 7.64. The molecule has 4 rings (SSSR count). The summed E-state index contributed by atoms with van der Waals surface area (Å²) < 4.78 is 11.7. The SMILES string of the molecule is COC(=O)Nc1ccc(-c2nc([C@@H](N)Cc3ccn(Cc4ccc(OC)cc4)n3)[nH]c2Cl)cc1. The molecule has 1 amide bonds. The summed E-state index contributed by atoms with van der Waals surface area (Å²) in [6.07, 6.45) is 1.89. The first kappa shape index (κ1) is 23.3. The lowest BCUT2D eigenvalue weighted by atomic mass is 10.1. The van der Waals surface area contributed by atoms with Crippen LogP contribution in [0.5, 0.6) is 5.75 Å². The van der Waals surface area contributed by atoms with E-state index in [-0.39, 0.29) is 0 Å². The summed E-state index contributed by atoms with van der Waals surface area (Å²) in [6.45, 7) is 0.650. The first-order chi connectivity index (χ1) is 16.4. The van der Waals surface area contributed by atoms with Crippen LogP contribution in [0.2, 0.25) is 5.15 Å². The Morgan fingerprint density at radius 1 is 1.15 bits per heavy atom. The molecule has 4 N–H and O–H groups in total. The number of aromatic nitrogens is 4. The molecule has 1 atom stereocenters. The summed E-state index contributed by atoms with van der Waals surface area (Å²) in [7, 11) is 2.96. The Morgan fingerprint density at radius 3 is 2.56 bits per heavy atom. The monoisotopic (exact) mass is 480 g/mol. The number of carbonyl (C=O) groups is 1. The van der Waals surface area contributed by atoms with Gasteiger partial charge in [-0.15, -0.1) is 0 Å². The molecule has 4 aromatic rings. The lowest BCUT2D eigenvalue weighted by Crippen LogP contribution is -2.15. The number of H-pyrrole nitrogens is 1. The van der Waals surface area contributed by atoms with Gasteiger partial charge < -0.3 is 20.2 Å². The highest BCUT2D eigenvalue weighted by Gasteiger charge is 2.17. The van der Waals surface area contributed by atoms with E-state index >= 15 is 0 Å². The number of hydrogen-bond donors (Lipinski definition) is 3. The van der Waals surface area contributed by atoms with Crippen molar-refractivity contribution in [1.82, 2.24) is 19.7 Å². The minimum Gasteiger partial charge on any atom is -0.497 e. The number of nitrogens with two attached hydrogens (primary N) is 1. The molecule has 2 aromatic carbocycles. The van der Waals surface area contributed by atoms with Gasteiger partial charge in [0.15, 0.2) is 0 Å². The quantitative estimate of drug-likeness (QED) is 0.343. The van der Waals surface area contributed by atoms with Gasteiger partial charge >= 0.3 is 6.09 Å². The molecule has 0 aliphatic heterocycles. The second-order valence-corrected chi connectivity index (χ2v) is 8.02. The Kier molecular flexibility index (Phi) is 7.15. The number of benzene rings is 2. The van der Waals surface area contributed by atoms with E-state index in [2.05, 4.69) is 25.1 Å². The fourth-order valence-corrected chi connectivity index (χ4v) is 3.71. The minimum absolute atomic E-state index is 0.393. The summed E-state index contributed by atoms with van der Waals surface area (Å²) in [6, 6.07) is 16.5. The summed E-state index contributed by atoms with van der Waals surface area (Å²) in [5.74, 6) is 1.39. The van der Waals surface area contributed by atoms with Crippen molar-refractivity contribution < 1.29 is 14.3 Å². The molecular formula is C24H25ClN6O3. The van der Waals surface area contributed by atoms with Gasteiger partial charge in [0.05, 0.1) is 32.5 Å². The average Bonchev–Trinajstić information content (AvgIpc) is 3.46. The van der Waals surface area contributed by atoms with E-state index in [1.165, 1.54) is 7.11 Å². The zero-order valence-electron chi connectivity index (χ0n) is 18.8. The first-order valence-corrected chi connectivity index (χ1v) is 10.9. The fourth-order valence-electron chi connectivity index (χ4n) is 3.46. The third kappa shape index (κ3) is 5.56. The van der Waals surface area contributed by atoms with Gasteiger partial charge in [-0.25, -0.2) is 9.78 Å². The van der Waals surface area contributed by atoms with Crippen LogP contribution in [0.25, 0.3) is 11.3 Å². The molecule has 2 heterocycles. The van der Waals surface area contributed by atoms with Gasteiger partial charge in [0.25, 0.3) is 0 Å². The average molecular weight is 481 g/mol. The molecule has 0 spiro atoms. The number of imidazole rings is 1. The van der Waals surface area contributed by atoms with Gasteiger partial charge in [-0.3, -0.25) is 10.00 Å². The van der Waals surface area contributed by atoms with E-state index in [4.69, 9.17) is 22.1 Å². The molecular weight excluding hydrogens is 456 g/mol. The van der Waals surface area contributed by atoms with E-state index in [0.717, 1.165) is 22.6 Å². The summed E-state index contributed by atoms with van der Waals surface area (Å²) in [5.41, 5.74) is 10.4. The van der Waals surface area contributed by atoms with Gasteiger partial charge in [0.1, 0.15) is 22.4 Å². The molecule has 0 radical (unpaired) electrons. The Balaban J connectivity index is 1.41. The van der Waals surface area contributed by atoms with Crippen molar-refractivity contribution in [3.63, 3.8) is 0 Å². The fraction of sp³-hybridized carbons (Fsp3) is 0.208. The van der Waals surface area contributed by atoms with Crippen LogP contribution < -0.4 is 15.8 Å². The van der Waals surface area contributed by atoms with E-state index in [9.17, 15) is 4.79 Å². The molecule has 2 aromatic heterocycles. The maximum Gasteiger partial charge on any atom is 0.411 e. The van der Waals surface area contributed by atoms with E-state index in [0.29, 0.717) is 35.3 Å². The third-order valence-electron chi connectivity index (χ3n) is 5.25. The zero-order chi connectivity index (χ0) is 24.1. The number of ether oxygens (including phenoxy) is 2. The normalized spacial score (nSPS) is 11.8. The van der Waals surface area contributed by atoms with Crippen molar-refractivity contribution in [3.8, 4) is 17.0 Å². The summed E-state index contributed by atoms with van der Waals surface area (Å²) in [4.78, 5) is 19.0. The number of methoxy groups -OCH3 is 2. The van der Waals surface area contributed by atoms with Crippen molar-refractivity contribution in [2.24, 2.45) is 5.73 Å². The predicted molar refractivity (Wildman–Crippen MR) is 130 cm³/mol. The summed E-state index contributed by atoms with van der Waals surface area (Å²) >= 11 is 6.40. The highest BCUT2D eigenvalue weighted by Crippen LogP contribution is 2.28. The number of aromatic amines is 1. The highest BCUT2D eigenvalue weighted by molar-refractivity contribution is 6.31. The molecule has 0 fully saturated rings. The van der Waals surface area contributed by atoms with Crippen LogP contribution in [-0.2, 0) is 17.7 Å². The van der Waals surface area contributed by atoms with Crippen molar-refractivity contribution >= 4 is 23.4 Å². The lowest BCUT2D eigenvalue weighted by Gasteiger charge is -2.07. The van der Waals surface area contributed by atoms with Crippen LogP contribution in [0.15, 0.2) is 60.8 Å². The van der Waals surface area contributed by atoms with Gasteiger partial charge in [0, 0.05) is 23.9 Å². The summed E-state index contributed by atoms with van der Waals surface area (Å²) in [5, 5.41) is 7.62. The van der Waals surface area contributed by atoms with Gasteiger partial charge in [-0.05, 0) is 35.9 Å². The van der Waals surface area contributed by atoms with Crippen molar-refractivity contribution in [2.75, 3.05) is 19.5 Å². The van der Waals surface area contributed by atoms with E-state index < -0.39 is 12.1 Å². The predicted octanol–water partition coefficient (Wildman–Crippen LogP) is 4.40.